The average molecular weight is 526 g/mol. The summed E-state index contributed by atoms with van der Waals surface area (Å²) >= 11 is 21.8. The van der Waals surface area contributed by atoms with Gasteiger partial charge in [-0.3, -0.25) is 0 Å². The number of halogens is 3. The van der Waals surface area contributed by atoms with Gasteiger partial charge in [-0.2, -0.15) is 0 Å². The van der Waals surface area contributed by atoms with Crippen molar-refractivity contribution in [2.75, 3.05) is 0 Å². The van der Waals surface area contributed by atoms with Crippen molar-refractivity contribution in [2.45, 2.75) is 37.4 Å². The molecule has 166 valence electrons. The Kier molecular flexibility index (Phi) is 7.63. The van der Waals surface area contributed by atoms with E-state index in [4.69, 9.17) is 44.5 Å². The minimum Gasteiger partial charge on any atom is -0.481 e. The molecule has 32 heavy (non-hydrogen) atoms. The summed E-state index contributed by atoms with van der Waals surface area (Å²) in [7, 11) is 0. The third-order valence-electron chi connectivity index (χ3n) is 4.63. The third-order valence-corrected chi connectivity index (χ3v) is 7.43. The third kappa shape index (κ3) is 5.24. The Bertz CT molecular complexity index is 1230. The minimum atomic E-state index is -0.348. The molecule has 10 heteroatoms. The highest BCUT2D eigenvalue weighted by atomic mass is 35.5. The number of benzene rings is 2. The second-order valence-corrected chi connectivity index (χ2v) is 9.88. The fraction of sp³-hybridized carbons (Fsp3) is 0.227. The molecule has 2 heterocycles. The van der Waals surface area contributed by atoms with Crippen molar-refractivity contribution in [3.63, 3.8) is 0 Å². The maximum Gasteiger partial charge on any atom is 0.191 e. The minimum absolute atomic E-state index is 0.348. The van der Waals surface area contributed by atoms with Crippen LogP contribution in [-0.2, 0) is 12.3 Å². The van der Waals surface area contributed by atoms with Crippen molar-refractivity contribution in [1.29, 1.82) is 0 Å². The molecule has 1 atom stereocenters. The summed E-state index contributed by atoms with van der Waals surface area (Å²) in [4.78, 5) is 4.73. The predicted octanol–water partition coefficient (Wildman–Crippen LogP) is 7.81. The van der Waals surface area contributed by atoms with Crippen LogP contribution in [0, 0.1) is 0 Å². The standard InChI is InChI=1S/C22H19Cl3N4OS2/c1-3-29-20(13(2)30-19-10-14(23)8-9-18(19)25)27-28-22(29)32-12-15-11-31-21(26-15)16-6-4-5-7-17(16)24/h4-11,13H,3,12H2,1-2H3. The topological polar surface area (TPSA) is 52.8 Å². The number of hydrogen-bond donors (Lipinski definition) is 0. The normalized spacial score (nSPS) is 12.2. The number of thiazole rings is 1. The van der Waals surface area contributed by atoms with E-state index in [2.05, 4.69) is 10.2 Å². The van der Waals surface area contributed by atoms with E-state index in [-0.39, 0.29) is 6.10 Å². The molecule has 0 aliphatic carbocycles. The highest BCUT2D eigenvalue weighted by Gasteiger charge is 2.20. The molecular formula is C22H19Cl3N4OS2. The highest BCUT2D eigenvalue weighted by Crippen LogP contribution is 2.34. The molecule has 5 nitrogen and oxygen atoms in total. The van der Waals surface area contributed by atoms with Gasteiger partial charge in [-0.05, 0) is 32.0 Å². The van der Waals surface area contributed by atoms with Gasteiger partial charge in [-0.25, -0.2) is 4.98 Å². The fourth-order valence-electron chi connectivity index (χ4n) is 3.09. The molecule has 0 saturated heterocycles. The Morgan fingerprint density at radius 2 is 1.91 bits per heavy atom. The van der Waals surface area contributed by atoms with Crippen LogP contribution in [-0.4, -0.2) is 19.7 Å². The molecule has 1 unspecified atom stereocenters. The maximum atomic E-state index is 6.30. The fourth-order valence-corrected chi connectivity index (χ4v) is 5.56. The predicted molar refractivity (Wildman–Crippen MR) is 133 cm³/mol. The van der Waals surface area contributed by atoms with Crippen molar-refractivity contribution in [2.24, 2.45) is 0 Å². The second kappa shape index (κ2) is 10.4. The first kappa shape index (κ1) is 23.4. The number of hydrogen-bond acceptors (Lipinski definition) is 6. The summed E-state index contributed by atoms with van der Waals surface area (Å²) in [6.45, 7) is 4.68. The van der Waals surface area contributed by atoms with E-state index in [1.807, 2.05) is 48.1 Å². The zero-order valence-electron chi connectivity index (χ0n) is 17.3. The lowest BCUT2D eigenvalue weighted by molar-refractivity contribution is 0.210. The van der Waals surface area contributed by atoms with Crippen LogP contribution in [0.25, 0.3) is 10.6 Å². The Morgan fingerprint density at radius 1 is 1.09 bits per heavy atom. The number of thioether (sulfide) groups is 1. The van der Waals surface area contributed by atoms with E-state index in [0.29, 0.717) is 33.1 Å². The molecule has 0 aliphatic rings. The zero-order chi connectivity index (χ0) is 22.7. The van der Waals surface area contributed by atoms with Crippen LogP contribution >= 0.6 is 57.9 Å². The SMILES string of the molecule is CCn1c(SCc2csc(-c3ccccc3Cl)n2)nnc1C(C)Oc1cc(Cl)ccc1Cl. The van der Waals surface area contributed by atoms with Crippen LogP contribution in [0.5, 0.6) is 5.75 Å². The second-order valence-electron chi connectivity index (χ2n) is 6.83. The lowest BCUT2D eigenvalue weighted by atomic mass is 10.2. The van der Waals surface area contributed by atoms with E-state index < -0.39 is 0 Å². The van der Waals surface area contributed by atoms with Crippen molar-refractivity contribution in [1.82, 2.24) is 19.7 Å². The lowest BCUT2D eigenvalue weighted by Crippen LogP contribution is -2.12. The molecule has 0 radical (unpaired) electrons. The summed E-state index contributed by atoms with van der Waals surface area (Å²) in [6.07, 6.45) is -0.348. The summed E-state index contributed by atoms with van der Waals surface area (Å²) < 4.78 is 8.06. The molecule has 0 saturated carbocycles. The summed E-state index contributed by atoms with van der Waals surface area (Å²) in [5.41, 5.74) is 1.91. The molecule has 0 spiro atoms. The van der Waals surface area contributed by atoms with Gasteiger partial charge in [-0.15, -0.1) is 21.5 Å². The number of nitrogens with zero attached hydrogens (tertiary/aromatic N) is 4. The molecule has 0 fully saturated rings. The van der Waals surface area contributed by atoms with Crippen LogP contribution in [0.2, 0.25) is 15.1 Å². The van der Waals surface area contributed by atoms with Crippen LogP contribution in [0.4, 0.5) is 0 Å². The molecule has 0 aliphatic heterocycles. The monoisotopic (exact) mass is 524 g/mol. The Labute approximate surface area is 209 Å². The van der Waals surface area contributed by atoms with Crippen LogP contribution in [0.3, 0.4) is 0 Å². The quantitative estimate of drug-likeness (QED) is 0.220. The first-order valence-electron chi connectivity index (χ1n) is 9.83. The molecule has 0 amide bonds. The largest absolute Gasteiger partial charge is 0.481 e. The van der Waals surface area contributed by atoms with Gasteiger partial charge in [0, 0.05) is 34.3 Å². The van der Waals surface area contributed by atoms with Gasteiger partial charge >= 0.3 is 0 Å². The van der Waals surface area contributed by atoms with Gasteiger partial charge < -0.3 is 9.30 Å². The van der Waals surface area contributed by atoms with E-state index in [9.17, 15) is 0 Å². The smallest absolute Gasteiger partial charge is 0.191 e. The van der Waals surface area contributed by atoms with E-state index in [0.717, 1.165) is 27.2 Å². The molecule has 2 aromatic carbocycles. The molecular weight excluding hydrogens is 507 g/mol. The molecule has 2 aromatic heterocycles. The Hall–Kier alpha value is -1.77. The lowest BCUT2D eigenvalue weighted by Gasteiger charge is -2.16. The first-order valence-corrected chi connectivity index (χ1v) is 12.8. The van der Waals surface area contributed by atoms with Crippen LogP contribution in [0.15, 0.2) is 53.0 Å². The van der Waals surface area contributed by atoms with Crippen molar-refractivity contribution in [3.8, 4) is 16.3 Å². The van der Waals surface area contributed by atoms with Crippen molar-refractivity contribution < 1.29 is 4.74 Å². The zero-order valence-corrected chi connectivity index (χ0v) is 21.2. The highest BCUT2D eigenvalue weighted by molar-refractivity contribution is 7.98. The van der Waals surface area contributed by atoms with E-state index >= 15 is 0 Å². The molecule has 0 N–H and O–H groups in total. The van der Waals surface area contributed by atoms with Gasteiger partial charge in [0.1, 0.15) is 10.8 Å². The van der Waals surface area contributed by atoms with Gasteiger partial charge in [0.05, 0.1) is 15.7 Å². The Balaban J connectivity index is 1.47. The first-order chi connectivity index (χ1) is 15.5. The number of aromatic nitrogens is 4. The van der Waals surface area contributed by atoms with Gasteiger partial charge in [0.2, 0.25) is 0 Å². The van der Waals surface area contributed by atoms with Crippen LogP contribution < -0.4 is 4.74 Å². The summed E-state index contributed by atoms with van der Waals surface area (Å²) in [5.74, 6) is 1.91. The van der Waals surface area contributed by atoms with E-state index in [1.54, 1.807) is 41.3 Å². The van der Waals surface area contributed by atoms with Crippen LogP contribution in [0.1, 0.15) is 31.5 Å². The van der Waals surface area contributed by atoms with Gasteiger partial charge in [0.25, 0.3) is 0 Å². The molecule has 4 rings (SSSR count). The molecule has 0 bridgehead atoms. The maximum absolute atomic E-state index is 6.30. The summed E-state index contributed by atoms with van der Waals surface area (Å²) in [5, 5.41) is 14.3. The number of ether oxygens (including phenoxy) is 1. The van der Waals surface area contributed by atoms with Crippen molar-refractivity contribution in [3.05, 3.63) is 74.4 Å². The van der Waals surface area contributed by atoms with Gasteiger partial charge in [-0.1, -0.05) is 64.8 Å². The van der Waals surface area contributed by atoms with Gasteiger partial charge in [0.15, 0.2) is 17.1 Å². The molecule has 4 aromatic rings. The average Bonchev–Trinajstić information content (AvgIpc) is 3.42. The Morgan fingerprint density at radius 3 is 2.69 bits per heavy atom. The van der Waals surface area contributed by atoms with E-state index in [1.165, 1.54) is 0 Å². The van der Waals surface area contributed by atoms with Crippen molar-refractivity contribution >= 4 is 57.9 Å². The number of rotatable bonds is 8. The summed E-state index contributed by atoms with van der Waals surface area (Å²) in [6, 6.07) is 12.9.